The predicted molar refractivity (Wildman–Crippen MR) is 82.8 cm³/mol. The molecular formula is C15H26BrNO3. The number of unbranched alkanes of at least 4 members (excludes halogenated alkanes) is 1. The van der Waals surface area contributed by atoms with Crippen molar-refractivity contribution in [2.45, 2.75) is 58.5 Å². The van der Waals surface area contributed by atoms with Crippen molar-refractivity contribution in [2.75, 3.05) is 18.4 Å². The number of rotatable bonds is 8. The van der Waals surface area contributed by atoms with Gasteiger partial charge in [0.25, 0.3) is 5.91 Å². The largest absolute Gasteiger partial charge is 0.452 e. The number of carbonyl (C=O) groups excluding carboxylic acids is 2. The van der Waals surface area contributed by atoms with Crippen molar-refractivity contribution in [1.82, 2.24) is 4.90 Å². The third kappa shape index (κ3) is 5.43. The van der Waals surface area contributed by atoms with E-state index in [2.05, 4.69) is 22.9 Å². The highest BCUT2D eigenvalue weighted by Crippen LogP contribution is 2.18. The molecule has 0 aromatic carbocycles. The molecule has 1 saturated heterocycles. The van der Waals surface area contributed by atoms with Crippen LogP contribution in [0.4, 0.5) is 0 Å². The number of likely N-dealkylation sites (tertiary alicyclic amines) is 1. The number of hydrogen-bond acceptors (Lipinski definition) is 3. The zero-order valence-corrected chi connectivity index (χ0v) is 14.2. The maximum Gasteiger partial charge on any atom is 0.309 e. The standard InChI is InChI=1S/C15H26BrNO3/c1-3-4-7-13(8-9-16)15(19)20-12(2)14(18)17-10-5-6-11-17/h12-13H,3-11H2,1-2H3/t12-,13?/m0/s1. The number of carbonyl (C=O) groups is 2. The number of amides is 1. The van der Waals surface area contributed by atoms with Crippen molar-refractivity contribution in [3.8, 4) is 0 Å². The molecule has 1 aliphatic heterocycles. The third-order valence-electron chi connectivity index (χ3n) is 3.76. The molecule has 0 N–H and O–H groups in total. The van der Waals surface area contributed by atoms with Gasteiger partial charge in [-0.15, -0.1) is 0 Å². The van der Waals surface area contributed by atoms with Crippen LogP contribution < -0.4 is 0 Å². The molecule has 0 saturated carbocycles. The second-order valence-corrected chi connectivity index (χ2v) is 6.22. The van der Waals surface area contributed by atoms with E-state index in [1.54, 1.807) is 11.8 Å². The van der Waals surface area contributed by atoms with Gasteiger partial charge < -0.3 is 9.64 Å². The Morgan fingerprint density at radius 1 is 1.25 bits per heavy atom. The maximum atomic E-state index is 12.2. The summed E-state index contributed by atoms with van der Waals surface area (Å²) in [6.45, 7) is 5.38. The average Bonchev–Trinajstić information content (AvgIpc) is 2.96. The van der Waals surface area contributed by atoms with Gasteiger partial charge in [-0.3, -0.25) is 9.59 Å². The molecule has 0 aliphatic carbocycles. The van der Waals surface area contributed by atoms with E-state index in [-0.39, 0.29) is 17.8 Å². The molecule has 1 heterocycles. The van der Waals surface area contributed by atoms with E-state index in [1.807, 2.05) is 0 Å². The summed E-state index contributed by atoms with van der Waals surface area (Å²) >= 11 is 3.38. The molecule has 2 atom stereocenters. The lowest BCUT2D eigenvalue weighted by Crippen LogP contribution is -2.39. The predicted octanol–water partition coefficient (Wildman–Crippen LogP) is 3.13. The van der Waals surface area contributed by atoms with Gasteiger partial charge in [0.1, 0.15) is 0 Å². The lowest BCUT2D eigenvalue weighted by molar-refractivity contribution is -0.162. The second-order valence-electron chi connectivity index (χ2n) is 5.43. The highest BCUT2D eigenvalue weighted by atomic mass is 79.9. The SMILES string of the molecule is CCCCC(CCBr)C(=O)O[C@@H](C)C(=O)N1CCCC1. The van der Waals surface area contributed by atoms with Gasteiger partial charge in [-0.1, -0.05) is 35.7 Å². The first kappa shape index (κ1) is 17.5. The highest BCUT2D eigenvalue weighted by Gasteiger charge is 2.28. The first-order chi connectivity index (χ1) is 9.60. The number of ether oxygens (including phenoxy) is 1. The van der Waals surface area contributed by atoms with Crippen LogP contribution >= 0.6 is 15.9 Å². The fourth-order valence-corrected chi connectivity index (χ4v) is 3.03. The van der Waals surface area contributed by atoms with Crippen molar-refractivity contribution in [3.05, 3.63) is 0 Å². The molecule has 1 rings (SSSR count). The van der Waals surface area contributed by atoms with Crippen LogP contribution in [0, 0.1) is 5.92 Å². The summed E-state index contributed by atoms with van der Waals surface area (Å²) in [6, 6.07) is 0. The minimum absolute atomic E-state index is 0.0519. The average molecular weight is 348 g/mol. The molecule has 20 heavy (non-hydrogen) atoms. The summed E-state index contributed by atoms with van der Waals surface area (Å²) in [4.78, 5) is 26.1. The topological polar surface area (TPSA) is 46.6 Å². The zero-order valence-electron chi connectivity index (χ0n) is 12.6. The van der Waals surface area contributed by atoms with E-state index >= 15 is 0 Å². The van der Waals surface area contributed by atoms with Crippen LogP contribution in [0.5, 0.6) is 0 Å². The molecular weight excluding hydrogens is 322 g/mol. The number of esters is 1. The van der Waals surface area contributed by atoms with E-state index in [9.17, 15) is 9.59 Å². The lowest BCUT2D eigenvalue weighted by atomic mass is 9.99. The number of halogens is 1. The summed E-state index contributed by atoms with van der Waals surface area (Å²) in [5.41, 5.74) is 0. The van der Waals surface area contributed by atoms with Crippen LogP contribution in [-0.2, 0) is 14.3 Å². The van der Waals surface area contributed by atoms with Crippen LogP contribution in [-0.4, -0.2) is 41.3 Å². The summed E-state index contributed by atoms with van der Waals surface area (Å²) in [5, 5.41) is 0.783. The van der Waals surface area contributed by atoms with Crippen LogP contribution in [0.1, 0.15) is 52.4 Å². The molecule has 0 aromatic heterocycles. The Morgan fingerprint density at radius 2 is 1.90 bits per heavy atom. The Hall–Kier alpha value is -0.580. The van der Waals surface area contributed by atoms with Crippen molar-refractivity contribution in [3.63, 3.8) is 0 Å². The summed E-state index contributed by atoms with van der Waals surface area (Å²) in [6.07, 6.45) is 5.13. The minimum atomic E-state index is -0.653. The molecule has 5 heteroatoms. The van der Waals surface area contributed by atoms with E-state index in [1.165, 1.54) is 0 Å². The van der Waals surface area contributed by atoms with Crippen LogP contribution in [0.3, 0.4) is 0 Å². The van der Waals surface area contributed by atoms with Crippen LogP contribution in [0.15, 0.2) is 0 Å². The smallest absolute Gasteiger partial charge is 0.309 e. The van der Waals surface area contributed by atoms with Crippen molar-refractivity contribution >= 4 is 27.8 Å². The van der Waals surface area contributed by atoms with Crippen molar-refractivity contribution in [2.24, 2.45) is 5.92 Å². The highest BCUT2D eigenvalue weighted by molar-refractivity contribution is 9.09. The van der Waals surface area contributed by atoms with Gasteiger partial charge in [0.15, 0.2) is 6.10 Å². The third-order valence-corrected chi connectivity index (χ3v) is 4.21. The number of hydrogen-bond donors (Lipinski definition) is 0. The fraction of sp³-hybridized carbons (Fsp3) is 0.867. The zero-order chi connectivity index (χ0) is 15.0. The van der Waals surface area contributed by atoms with E-state index in [0.717, 1.165) is 56.9 Å². The number of alkyl halides is 1. The monoisotopic (exact) mass is 347 g/mol. The first-order valence-electron chi connectivity index (χ1n) is 7.65. The van der Waals surface area contributed by atoms with Gasteiger partial charge in [0.2, 0.25) is 0 Å². The van der Waals surface area contributed by atoms with E-state index < -0.39 is 6.10 Å². The van der Waals surface area contributed by atoms with Gasteiger partial charge in [-0.25, -0.2) is 0 Å². The lowest BCUT2D eigenvalue weighted by Gasteiger charge is -2.22. The Balaban J connectivity index is 2.46. The normalized spacial score (nSPS) is 17.9. The van der Waals surface area contributed by atoms with Gasteiger partial charge in [0, 0.05) is 18.4 Å². The van der Waals surface area contributed by atoms with Crippen LogP contribution in [0.2, 0.25) is 0 Å². The Bertz CT molecular complexity index is 316. The van der Waals surface area contributed by atoms with E-state index in [4.69, 9.17) is 4.74 Å². The Kier molecular flexibility index (Phi) is 8.19. The summed E-state index contributed by atoms with van der Waals surface area (Å²) in [7, 11) is 0. The van der Waals surface area contributed by atoms with Gasteiger partial charge in [0.05, 0.1) is 5.92 Å². The second kappa shape index (κ2) is 9.37. The van der Waals surface area contributed by atoms with E-state index in [0.29, 0.717) is 0 Å². The Labute approximate surface area is 130 Å². The Morgan fingerprint density at radius 3 is 2.45 bits per heavy atom. The minimum Gasteiger partial charge on any atom is -0.452 e. The summed E-state index contributed by atoms with van der Waals surface area (Å²) in [5.74, 6) is -0.370. The van der Waals surface area contributed by atoms with Gasteiger partial charge in [-0.2, -0.15) is 0 Å². The molecule has 1 fully saturated rings. The van der Waals surface area contributed by atoms with Crippen molar-refractivity contribution in [1.29, 1.82) is 0 Å². The molecule has 0 radical (unpaired) electrons. The van der Waals surface area contributed by atoms with Gasteiger partial charge in [-0.05, 0) is 32.6 Å². The van der Waals surface area contributed by atoms with Crippen molar-refractivity contribution < 1.29 is 14.3 Å². The molecule has 116 valence electrons. The molecule has 1 amide bonds. The molecule has 4 nitrogen and oxygen atoms in total. The fourth-order valence-electron chi connectivity index (χ4n) is 2.48. The molecule has 0 bridgehead atoms. The number of nitrogens with zero attached hydrogens (tertiary/aromatic N) is 1. The first-order valence-corrected chi connectivity index (χ1v) is 8.77. The summed E-state index contributed by atoms with van der Waals surface area (Å²) < 4.78 is 5.39. The maximum absolute atomic E-state index is 12.2. The molecule has 1 unspecified atom stereocenters. The van der Waals surface area contributed by atoms with Crippen LogP contribution in [0.25, 0.3) is 0 Å². The molecule has 1 aliphatic rings. The van der Waals surface area contributed by atoms with Gasteiger partial charge >= 0.3 is 5.97 Å². The molecule has 0 spiro atoms. The quantitative estimate of drug-likeness (QED) is 0.500. The molecule has 0 aromatic rings.